The molecule has 204 valence electrons. The summed E-state index contributed by atoms with van der Waals surface area (Å²) in [6.07, 6.45) is 9.88. The minimum atomic E-state index is -0.00210. The molecule has 5 rings (SSSR count). The number of carbonyl (C=O) groups excluding carboxylic acids is 2. The number of nitrogens with zero attached hydrogens (tertiary/aromatic N) is 4. The predicted molar refractivity (Wildman–Crippen MR) is 147 cm³/mol. The molecule has 0 radical (unpaired) electrons. The number of morpholine rings is 1. The Morgan fingerprint density at radius 2 is 1.68 bits per heavy atom. The van der Waals surface area contributed by atoms with E-state index < -0.39 is 0 Å². The second-order valence-electron chi connectivity index (χ2n) is 10.6. The van der Waals surface area contributed by atoms with Gasteiger partial charge in [0.1, 0.15) is 11.6 Å². The SMILES string of the molecule is O=C(Cc1ccc(N2CCOCC2)nc1)N1CCN(C(=O)c2cccc(OCCC3CCCCC3)c2)CC1. The van der Waals surface area contributed by atoms with Gasteiger partial charge in [-0.05, 0) is 42.2 Å². The van der Waals surface area contributed by atoms with E-state index in [0.717, 1.165) is 55.8 Å². The number of aromatic nitrogens is 1. The van der Waals surface area contributed by atoms with E-state index in [-0.39, 0.29) is 11.8 Å². The highest BCUT2D eigenvalue weighted by Crippen LogP contribution is 2.26. The maximum atomic E-state index is 13.1. The van der Waals surface area contributed by atoms with Gasteiger partial charge in [0.15, 0.2) is 0 Å². The van der Waals surface area contributed by atoms with Gasteiger partial charge in [-0.25, -0.2) is 4.98 Å². The molecule has 2 saturated heterocycles. The van der Waals surface area contributed by atoms with Crippen molar-refractivity contribution in [3.63, 3.8) is 0 Å². The first-order valence-electron chi connectivity index (χ1n) is 14.2. The van der Waals surface area contributed by atoms with E-state index >= 15 is 0 Å². The molecule has 3 aliphatic rings. The molecule has 38 heavy (non-hydrogen) atoms. The van der Waals surface area contributed by atoms with Crippen molar-refractivity contribution in [1.29, 1.82) is 0 Å². The number of rotatable bonds is 8. The summed E-state index contributed by atoms with van der Waals surface area (Å²) in [7, 11) is 0. The quantitative estimate of drug-likeness (QED) is 0.527. The predicted octanol–water partition coefficient (Wildman–Crippen LogP) is 3.79. The zero-order valence-corrected chi connectivity index (χ0v) is 22.4. The third-order valence-corrected chi connectivity index (χ3v) is 8.02. The molecule has 0 unspecified atom stereocenters. The third-order valence-electron chi connectivity index (χ3n) is 8.02. The fourth-order valence-electron chi connectivity index (χ4n) is 5.67. The lowest BCUT2D eigenvalue weighted by molar-refractivity contribution is -0.131. The van der Waals surface area contributed by atoms with Crippen LogP contribution in [-0.4, -0.2) is 85.7 Å². The number of hydrogen-bond donors (Lipinski definition) is 0. The summed E-state index contributed by atoms with van der Waals surface area (Å²) in [4.78, 5) is 36.5. The van der Waals surface area contributed by atoms with Gasteiger partial charge in [-0.1, -0.05) is 44.2 Å². The van der Waals surface area contributed by atoms with Crippen molar-refractivity contribution in [2.24, 2.45) is 5.92 Å². The first kappa shape index (κ1) is 26.5. The molecule has 2 amide bonds. The van der Waals surface area contributed by atoms with E-state index in [1.807, 2.05) is 46.2 Å². The average molecular weight is 521 g/mol. The fraction of sp³-hybridized carbons (Fsp3) is 0.567. The molecule has 3 fully saturated rings. The van der Waals surface area contributed by atoms with Crippen LogP contribution in [0.1, 0.15) is 54.4 Å². The van der Waals surface area contributed by atoms with Gasteiger partial charge in [-0.15, -0.1) is 0 Å². The van der Waals surface area contributed by atoms with Gasteiger partial charge in [-0.3, -0.25) is 9.59 Å². The molecule has 0 spiro atoms. The topological polar surface area (TPSA) is 75.2 Å². The Hall–Kier alpha value is -3.13. The van der Waals surface area contributed by atoms with Crippen LogP contribution in [0, 0.1) is 5.92 Å². The maximum Gasteiger partial charge on any atom is 0.254 e. The molecular weight excluding hydrogens is 480 g/mol. The summed E-state index contributed by atoms with van der Waals surface area (Å²) in [6.45, 7) is 5.97. The second-order valence-corrected chi connectivity index (χ2v) is 10.6. The number of anilines is 1. The van der Waals surface area contributed by atoms with Crippen molar-refractivity contribution in [3.05, 3.63) is 53.7 Å². The summed E-state index contributed by atoms with van der Waals surface area (Å²) in [5, 5.41) is 0. The summed E-state index contributed by atoms with van der Waals surface area (Å²) < 4.78 is 11.4. The van der Waals surface area contributed by atoms with Gasteiger partial charge in [0, 0.05) is 51.0 Å². The lowest BCUT2D eigenvalue weighted by atomic mass is 9.87. The molecule has 0 atom stereocenters. The van der Waals surface area contributed by atoms with E-state index in [0.29, 0.717) is 44.8 Å². The van der Waals surface area contributed by atoms with Crippen molar-refractivity contribution in [1.82, 2.24) is 14.8 Å². The number of amides is 2. The van der Waals surface area contributed by atoms with E-state index in [1.54, 1.807) is 6.20 Å². The normalized spacial score (nSPS) is 18.9. The molecule has 8 nitrogen and oxygen atoms in total. The molecule has 3 heterocycles. The minimum absolute atomic E-state index is 0.00210. The van der Waals surface area contributed by atoms with Crippen molar-refractivity contribution in [2.45, 2.75) is 44.9 Å². The Balaban J connectivity index is 1.07. The van der Waals surface area contributed by atoms with Gasteiger partial charge in [0.05, 0.1) is 26.2 Å². The molecule has 1 saturated carbocycles. The number of ether oxygens (including phenoxy) is 2. The van der Waals surface area contributed by atoms with E-state index in [2.05, 4.69) is 9.88 Å². The van der Waals surface area contributed by atoms with Crippen LogP contribution < -0.4 is 9.64 Å². The van der Waals surface area contributed by atoms with Crippen LogP contribution in [0.5, 0.6) is 5.75 Å². The third kappa shape index (κ3) is 7.04. The lowest BCUT2D eigenvalue weighted by Crippen LogP contribution is -2.51. The van der Waals surface area contributed by atoms with Crippen LogP contribution in [-0.2, 0) is 16.0 Å². The Morgan fingerprint density at radius 1 is 0.921 bits per heavy atom. The molecule has 2 aliphatic heterocycles. The Morgan fingerprint density at radius 3 is 2.42 bits per heavy atom. The first-order chi connectivity index (χ1) is 18.7. The zero-order chi connectivity index (χ0) is 26.2. The molecule has 0 N–H and O–H groups in total. The highest BCUT2D eigenvalue weighted by atomic mass is 16.5. The first-order valence-corrected chi connectivity index (χ1v) is 14.2. The highest BCUT2D eigenvalue weighted by Gasteiger charge is 2.25. The second kappa shape index (κ2) is 13.1. The molecule has 0 bridgehead atoms. The molecule has 1 aliphatic carbocycles. The van der Waals surface area contributed by atoms with Gasteiger partial charge in [0.2, 0.25) is 5.91 Å². The van der Waals surface area contributed by atoms with Crippen molar-refractivity contribution in [3.8, 4) is 5.75 Å². The van der Waals surface area contributed by atoms with Gasteiger partial charge >= 0.3 is 0 Å². The fourth-order valence-corrected chi connectivity index (χ4v) is 5.67. The summed E-state index contributed by atoms with van der Waals surface area (Å²) >= 11 is 0. The van der Waals surface area contributed by atoms with Gasteiger partial charge in [-0.2, -0.15) is 0 Å². The molecule has 1 aromatic heterocycles. The summed E-state index contributed by atoms with van der Waals surface area (Å²) in [5.41, 5.74) is 1.55. The number of piperazine rings is 1. The maximum absolute atomic E-state index is 13.1. The molecule has 1 aromatic carbocycles. The summed E-state index contributed by atoms with van der Waals surface area (Å²) in [6, 6.07) is 11.5. The van der Waals surface area contributed by atoms with E-state index in [4.69, 9.17) is 9.47 Å². The minimum Gasteiger partial charge on any atom is -0.494 e. The Kier molecular flexibility index (Phi) is 9.12. The smallest absolute Gasteiger partial charge is 0.254 e. The Labute approximate surface area is 225 Å². The highest BCUT2D eigenvalue weighted by molar-refractivity contribution is 5.94. The van der Waals surface area contributed by atoms with E-state index in [1.165, 1.54) is 32.1 Å². The largest absolute Gasteiger partial charge is 0.494 e. The van der Waals surface area contributed by atoms with Crippen LogP contribution >= 0.6 is 0 Å². The van der Waals surface area contributed by atoms with Crippen LogP contribution in [0.4, 0.5) is 5.82 Å². The molecular formula is C30H40N4O4. The van der Waals surface area contributed by atoms with Gasteiger partial charge < -0.3 is 24.2 Å². The average Bonchev–Trinajstić information content (AvgIpc) is 2.98. The standard InChI is InChI=1S/C30H40N4O4/c35-29(21-25-9-10-28(31-23-25)32-16-19-37-20-17-32)33-12-14-34(15-13-33)30(36)26-7-4-8-27(22-26)38-18-11-24-5-2-1-3-6-24/h4,7-10,22-24H,1-3,5-6,11-21H2. The zero-order valence-electron chi connectivity index (χ0n) is 22.4. The van der Waals surface area contributed by atoms with Crippen molar-refractivity contribution < 1.29 is 19.1 Å². The van der Waals surface area contributed by atoms with Crippen molar-refractivity contribution >= 4 is 17.6 Å². The number of hydrogen-bond acceptors (Lipinski definition) is 6. The van der Waals surface area contributed by atoms with Crippen LogP contribution in [0.3, 0.4) is 0 Å². The van der Waals surface area contributed by atoms with Crippen LogP contribution in [0.15, 0.2) is 42.6 Å². The monoisotopic (exact) mass is 520 g/mol. The number of benzene rings is 1. The molecule has 2 aromatic rings. The van der Waals surface area contributed by atoms with Gasteiger partial charge in [0.25, 0.3) is 5.91 Å². The number of pyridine rings is 1. The number of carbonyl (C=O) groups is 2. The van der Waals surface area contributed by atoms with Crippen molar-refractivity contribution in [2.75, 3.05) is 64.0 Å². The molecule has 8 heteroatoms. The lowest BCUT2D eigenvalue weighted by Gasteiger charge is -2.35. The van der Waals surface area contributed by atoms with Crippen LogP contribution in [0.25, 0.3) is 0 Å². The van der Waals surface area contributed by atoms with E-state index in [9.17, 15) is 9.59 Å². The van der Waals surface area contributed by atoms with Crippen LogP contribution in [0.2, 0.25) is 0 Å². The Bertz CT molecular complexity index is 1060. The summed E-state index contributed by atoms with van der Waals surface area (Å²) in [5.74, 6) is 2.53.